The minimum absolute atomic E-state index is 0.0423. The summed E-state index contributed by atoms with van der Waals surface area (Å²) in [5.41, 5.74) is 8.94. The summed E-state index contributed by atoms with van der Waals surface area (Å²) in [5.74, 6) is 1.16. The Kier molecular flexibility index (Phi) is 8.18. The lowest BCUT2D eigenvalue weighted by Gasteiger charge is -2.28. The lowest BCUT2D eigenvalue weighted by molar-refractivity contribution is 0.121. The number of nitrogens with two attached hydrogens (primary N) is 1. The number of aromatic nitrogens is 5. The Morgan fingerprint density at radius 3 is 2.67 bits per heavy atom. The molecule has 1 amide bonds. The highest BCUT2D eigenvalue weighted by molar-refractivity contribution is 6.30. The van der Waals surface area contributed by atoms with E-state index < -0.39 is 12.2 Å². The quantitative estimate of drug-likeness (QED) is 0.160. The molecule has 4 aromatic rings. The molecule has 0 spiro atoms. The molecule has 1 aliphatic carbocycles. The van der Waals surface area contributed by atoms with E-state index in [0.29, 0.717) is 57.3 Å². The van der Waals surface area contributed by atoms with Crippen LogP contribution in [0.2, 0.25) is 5.02 Å². The number of hydrogen-bond acceptors (Lipinski definition) is 6. The first-order valence-electron chi connectivity index (χ1n) is 13.1. The number of hydrogen-bond donors (Lipinski definition) is 2. The standard InChI is InChI=1S/C29H30ClN7O3/c1-3-17-10-12-18(13-11-17)16-37-23-22(19-7-6-8-20(30)15-19)33-27(25(31)34-29(38)39)35-26(23)36-28(37)24(40-2)21-9-4-5-14-32-21/h3-9,14-15,17-18,24H,1,10-13,16H2,2H3,(H2,31,34)(H,38,39). The summed E-state index contributed by atoms with van der Waals surface area (Å²) in [6, 6.07) is 12.9. The average Bonchev–Trinajstić information content (AvgIpc) is 3.31. The summed E-state index contributed by atoms with van der Waals surface area (Å²) in [4.78, 5) is 33.4. The Morgan fingerprint density at radius 1 is 1.23 bits per heavy atom. The van der Waals surface area contributed by atoms with Gasteiger partial charge < -0.3 is 20.1 Å². The van der Waals surface area contributed by atoms with E-state index in [2.05, 4.69) is 26.1 Å². The van der Waals surface area contributed by atoms with Crippen molar-refractivity contribution < 1.29 is 14.6 Å². The summed E-state index contributed by atoms with van der Waals surface area (Å²) >= 11 is 6.37. The highest BCUT2D eigenvalue weighted by Crippen LogP contribution is 2.36. The molecule has 3 heterocycles. The predicted octanol–water partition coefficient (Wildman–Crippen LogP) is 5.65. The van der Waals surface area contributed by atoms with Gasteiger partial charge in [-0.1, -0.05) is 35.9 Å². The number of aliphatic imine (C=N–C) groups is 1. The summed E-state index contributed by atoms with van der Waals surface area (Å²) in [5, 5.41) is 9.71. The number of pyridine rings is 1. The van der Waals surface area contributed by atoms with Crippen molar-refractivity contribution in [1.82, 2.24) is 24.5 Å². The first-order chi connectivity index (χ1) is 19.4. The maximum Gasteiger partial charge on any atom is 0.433 e. The molecule has 40 heavy (non-hydrogen) atoms. The zero-order valence-electron chi connectivity index (χ0n) is 22.1. The maximum atomic E-state index is 11.3. The van der Waals surface area contributed by atoms with Gasteiger partial charge in [0.2, 0.25) is 0 Å². The molecule has 1 aliphatic rings. The van der Waals surface area contributed by atoms with Gasteiger partial charge in [-0.25, -0.2) is 19.7 Å². The summed E-state index contributed by atoms with van der Waals surface area (Å²) in [6.45, 7) is 4.64. The number of allylic oxidation sites excluding steroid dienone is 1. The van der Waals surface area contributed by atoms with E-state index in [1.54, 1.807) is 25.4 Å². The van der Waals surface area contributed by atoms with Crippen molar-refractivity contribution in [3.05, 3.63) is 83.7 Å². The lowest BCUT2D eigenvalue weighted by Crippen LogP contribution is -2.22. The van der Waals surface area contributed by atoms with Gasteiger partial charge in [-0.15, -0.1) is 6.58 Å². The Bertz CT molecular complexity index is 1560. The number of halogens is 1. The fourth-order valence-electron chi connectivity index (χ4n) is 5.30. The van der Waals surface area contributed by atoms with E-state index in [0.717, 1.165) is 25.7 Å². The van der Waals surface area contributed by atoms with Crippen molar-refractivity contribution in [2.45, 2.75) is 38.3 Å². The number of carboxylic acid groups (broad SMARTS) is 1. The molecule has 1 atom stereocenters. The van der Waals surface area contributed by atoms with E-state index in [1.807, 2.05) is 36.4 Å². The first-order valence-corrected chi connectivity index (χ1v) is 13.4. The van der Waals surface area contributed by atoms with Gasteiger partial charge in [0.05, 0.1) is 5.69 Å². The monoisotopic (exact) mass is 559 g/mol. The Morgan fingerprint density at radius 2 is 2.02 bits per heavy atom. The van der Waals surface area contributed by atoms with Crippen LogP contribution in [0.3, 0.4) is 0 Å². The zero-order chi connectivity index (χ0) is 28.2. The number of amides is 1. The summed E-state index contributed by atoms with van der Waals surface area (Å²) < 4.78 is 8.07. The van der Waals surface area contributed by atoms with Gasteiger partial charge >= 0.3 is 6.09 Å². The molecule has 206 valence electrons. The van der Waals surface area contributed by atoms with Crippen LogP contribution < -0.4 is 5.73 Å². The Hall–Kier alpha value is -4.15. The van der Waals surface area contributed by atoms with Crippen LogP contribution in [0.25, 0.3) is 22.4 Å². The molecule has 0 aliphatic heterocycles. The minimum Gasteiger partial charge on any atom is -0.463 e. The van der Waals surface area contributed by atoms with E-state index in [9.17, 15) is 9.90 Å². The van der Waals surface area contributed by atoms with Crippen LogP contribution in [0.4, 0.5) is 4.79 Å². The molecule has 3 N–H and O–H groups in total. The predicted molar refractivity (Wildman–Crippen MR) is 153 cm³/mol. The number of methoxy groups -OCH3 is 1. The second kappa shape index (κ2) is 11.9. The van der Waals surface area contributed by atoms with Crippen molar-refractivity contribution in [2.24, 2.45) is 22.6 Å². The van der Waals surface area contributed by atoms with Gasteiger partial charge in [-0.3, -0.25) is 4.98 Å². The normalized spacial score (nSPS) is 18.5. The highest BCUT2D eigenvalue weighted by Gasteiger charge is 2.29. The van der Waals surface area contributed by atoms with Crippen molar-refractivity contribution in [3.8, 4) is 11.3 Å². The van der Waals surface area contributed by atoms with Crippen molar-refractivity contribution in [3.63, 3.8) is 0 Å². The van der Waals surface area contributed by atoms with Crippen LogP contribution in [-0.2, 0) is 11.3 Å². The largest absolute Gasteiger partial charge is 0.463 e. The molecule has 0 saturated heterocycles. The number of rotatable bonds is 8. The van der Waals surface area contributed by atoms with Crippen molar-refractivity contribution in [2.75, 3.05) is 7.11 Å². The number of fused-ring (bicyclic) bond motifs is 1. The number of carbonyl (C=O) groups is 1. The van der Waals surface area contributed by atoms with Crippen LogP contribution in [0.15, 0.2) is 66.3 Å². The number of ether oxygens (including phenoxy) is 1. The fraction of sp³-hybridized carbons (Fsp3) is 0.310. The first kappa shape index (κ1) is 27.4. The highest BCUT2D eigenvalue weighted by atomic mass is 35.5. The summed E-state index contributed by atoms with van der Waals surface area (Å²) in [6.07, 6.45) is 5.97. The maximum absolute atomic E-state index is 11.3. The topological polar surface area (TPSA) is 141 Å². The van der Waals surface area contributed by atoms with Gasteiger partial charge in [0, 0.05) is 30.4 Å². The van der Waals surface area contributed by atoms with Crippen LogP contribution in [-0.4, -0.2) is 48.6 Å². The molecule has 0 bridgehead atoms. The third-order valence-corrected chi connectivity index (χ3v) is 7.50. The lowest BCUT2D eigenvalue weighted by atomic mass is 9.82. The molecular weight excluding hydrogens is 530 g/mol. The minimum atomic E-state index is -1.44. The van der Waals surface area contributed by atoms with Gasteiger partial charge in [-0.05, 0) is 61.8 Å². The van der Waals surface area contributed by atoms with Crippen molar-refractivity contribution in [1.29, 1.82) is 0 Å². The second-order valence-electron chi connectivity index (χ2n) is 9.83. The van der Waals surface area contributed by atoms with Crippen LogP contribution >= 0.6 is 11.6 Å². The molecule has 5 rings (SSSR count). The molecular formula is C29H30ClN7O3. The third kappa shape index (κ3) is 5.73. The van der Waals surface area contributed by atoms with Gasteiger partial charge in [0.25, 0.3) is 0 Å². The average molecular weight is 560 g/mol. The SMILES string of the molecule is C=CC1CCC(Cn2c(C(OC)c3ccccn3)nc3nc(C(N)=NC(=O)O)nc(-c4cccc(Cl)c4)c32)CC1. The molecule has 3 aromatic heterocycles. The van der Waals surface area contributed by atoms with Crippen LogP contribution in [0.1, 0.15) is 49.1 Å². The van der Waals surface area contributed by atoms with E-state index in [4.69, 9.17) is 32.0 Å². The molecule has 1 aromatic carbocycles. The fourth-order valence-corrected chi connectivity index (χ4v) is 5.49. The van der Waals surface area contributed by atoms with Crippen LogP contribution in [0, 0.1) is 11.8 Å². The zero-order valence-corrected chi connectivity index (χ0v) is 22.8. The molecule has 1 fully saturated rings. The van der Waals surface area contributed by atoms with Gasteiger partial charge in [0.1, 0.15) is 17.0 Å². The number of nitrogens with zero attached hydrogens (tertiary/aromatic N) is 6. The van der Waals surface area contributed by atoms with Gasteiger partial charge in [0.15, 0.2) is 23.4 Å². The number of benzene rings is 1. The van der Waals surface area contributed by atoms with E-state index >= 15 is 0 Å². The molecule has 11 heteroatoms. The number of amidine groups is 1. The summed E-state index contributed by atoms with van der Waals surface area (Å²) in [7, 11) is 1.62. The number of imidazole rings is 1. The van der Waals surface area contributed by atoms with E-state index in [-0.39, 0.29) is 11.7 Å². The Balaban J connectivity index is 1.76. The van der Waals surface area contributed by atoms with Gasteiger partial charge in [-0.2, -0.15) is 4.99 Å². The second-order valence-corrected chi connectivity index (χ2v) is 10.3. The third-order valence-electron chi connectivity index (χ3n) is 7.27. The Labute approximate surface area is 236 Å². The van der Waals surface area contributed by atoms with Crippen molar-refractivity contribution >= 4 is 34.7 Å². The molecule has 1 unspecified atom stereocenters. The molecule has 10 nitrogen and oxygen atoms in total. The van der Waals surface area contributed by atoms with E-state index in [1.165, 1.54) is 0 Å². The van der Waals surface area contributed by atoms with Crippen LogP contribution in [0.5, 0.6) is 0 Å². The smallest absolute Gasteiger partial charge is 0.433 e. The molecule has 0 radical (unpaired) electrons. The molecule has 1 saturated carbocycles.